The number of halogens is 2. The Morgan fingerprint density at radius 3 is 2.26 bits per heavy atom. The molecule has 0 aromatic heterocycles. The molecule has 2 unspecified atom stereocenters. The molecule has 0 bridgehead atoms. The van der Waals surface area contributed by atoms with E-state index >= 15 is 0 Å². The van der Waals surface area contributed by atoms with Crippen LogP contribution in [0.25, 0.3) is 10.8 Å². The SMILES string of the molecule is COc1cc2ccc(Br)cc2cc1C(c1ccccc1)C(O)(CCN(C)C)c1ccccc1Br. The number of fused-ring (bicyclic) bond motifs is 1. The summed E-state index contributed by atoms with van der Waals surface area (Å²) in [6, 6.07) is 28.7. The molecule has 0 amide bonds. The van der Waals surface area contributed by atoms with Crippen LogP contribution in [0.1, 0.15) is 29.0 Å². The Balaban J connectivity index is 2.03. The van der Waals surface area contributed by atoms with E-state index in [1.54, 1.807) is 7.11 Å². The predicted octanol–water partition coefficient (Wildman–Crippen LogP) is 7.34. The van der Waals surface area contributed by atoms with Crippen molar-refractivity contribution in [1.29, 1.82) is 0 Å². The Labute approximate surface area is 218 Å². The Morgan fingerprint density at radius 1 is 0.882 bits per heavy atom. The summed E-state index contributed by atoms with van der Waals surface area (Å²) in [6.07, 6.45) is 0.544. The lowest BCUT2D eigenvalue weighted by molar-refractivity contribution is 0.00328. The number of methoxy groups -OCH3 is 1. The predicted molar refractivity (Wildman–Crippen MR) is 148 cm³/mol. The second-order valence-electron chi connectivity index (χ2n) is 8.89. The monoisotopic (exact) mass is 581 g/mol. The van der Waals surface area contributed by atoms with Gasteiger partial charge in [-0.15, -0.1) is 0 Å². The zero-order valence-corrected chi connectivity index (χ0v) is 22.8. The summed E-state index contributed by atoms with van der Waals surface area (Å²) in [5.41, 5.74) is 1.66. The van der Waals surface area contributed by atoms with Gasteiger partial charge in [0, 0.05) is 27.0 Å². The number of ether oxygens (including phenoxy) is 1. The number of hydrogen-bond acceptors (Lipinski definition) is 3. The molecule has 4 aromatic rings. The van der Waals surface area contributed by atoms with E-state index in [1.165, 1.54) is 0 Å². The smallest absolute Gasteiger partial charge is 0.123 e. The molecule has 0 spiro atoms. The number of rotatable bonds is 8. The van der Waals surface area contributed by atoms with E-state index < -0.39 is 5.60 Å². The zero-order chi connectivity index (χ0) is 24.3. The number of aliphatic hydroxyl groups is 1. The van der Waals surface area contributed by atoms with Crippen LogP contribution in [0.5, 0.6) is 5.75 Å². The van der Waals surface area contributed by atoms with Crippen LogP contribution in [-0.2, 0) is 5.60 Å². The largest absolute Gasteiger partial charge is 0.496 e. The van der Waals surface area contributed by atoms with E-state index in [4.69, 9.17) is 4.74 Å². The van der Waals surface area contributed by atoms with E-state index in [0.29, 0.717) is 6.42 Å². The quantitative estimate of drug-likeness (QED) is 0.236. The van der Waals surface area contributed by atoms with Gasteiger partial charge in [0.2, 0.25) is 0 Å². The third-order valence-corrected chi connectivity index (χ3v) is 7.54. The highest BCUT2D eigenvalue weighted by Gasteiger charge is 2.42. The third kappa shape index (κ3) is 5.08. The average Bonchev–Trinajstić information content (AvgIpc) is 2.83. The maximum atomic E-state index is 12.7. The lowest BCUT2D eigenvalue weighted by atomic mass is 9.71. The minimum absolute atomic E-state index is 0.356. The fraction of sp³-hybridized carbons (Fsp3) is 0.241. The summed E-state index contributed by atoms with van der Waals surface area (Å²) in [6.45, 7) is 0.725. The maximum Gasteiger partial charge on any atom is 0.123 e. The van der Waals surface area contributed by atoms with E-state index in [1.807, 2.05) is 62.6 Å². The molecule has 1 N–H and O–H groups in total. The van der Waals surface area contributed by atoms with Gasteiger partial charge in [0.25, 0.3) is 0 Å². The Hall–Kier alpha value is -2.18. The lowest BCUT2D eigenvalue weighted by Crippen LogP contribution is -2.38. The zero-order valence-electron chi connectivity index (χ0n) is 19.6. The number of hydrogen-bond donors (Lipinski definition) is 1. The van der Waals surface area contributed by atoms with Crippen LogP contribution >= 0.6 is 31.9 Å². The Morgan fingerprint density at radius 2 is 1.59 bits per heavy atom. The van der Waals surface area contributed by atoms with Crippen LogP contribution in [-0.4, -0.2) is 37.8 Å². The van der Waals surface area contributed by atoms with E-state index in [-0.39, 0.29) is 5.92 Å². The Kier molecular flexibility index (Phi) is 7.78. The summed E-state index contributed by atoms with van der Waals surface area (Å²) in [5.74, 6) is 0.407. The highest BCUT2D eigenvalue weighted by molar-refractivity contribution is 9.10. The van der Waals surface area contributed by atoms with Gasteiger partial charge in [0.15, 0.2) is 0 Å². The number of nitrogens with zero attached hydrogens (tertiary/aromatic N) is 1. The molecule has 3 nitrogen and oxygen atoms in total. The minimum Gasteiger partial charge on any atom is -0.496 e. The van der Waals surface area contributed by atoms with E-state index in [2.05, 4.69) is 73.2 Å². The van der Waals surface area contributed by atoms with Gasteiger partial charge >= 0.3 is 0 Å². The molecular weight excluding hydrogens is 554 g/mol. The lowest BCUT2D eigenvalue weighted by Gasteiger charge is -2.39. The van der Waals surface area contributed by atoms with Crippen LogP contribution in [0.4, 0.5) is 0 Å². The molecule has 0 aliphatic heterocycles. The van der Waals surface area contributed by atoms with Crippen molar-refractivity contribution < 1.29 is 9.84 Å². The molecule has 34 heavy (non-hydrogen) atoms. The minimum atomic E-state index is -1.20. The van der Waals surface area contributed by atoms with Crippen LogP contribution in [0.3, 0.4) is 0 Å². The summed E-state index contributed by atoms with van der Waals surface area (Å²) in [7, 11) is 5.77. The van der Waals surface area contributed by atoms with Gasteiger partial charge in [0.1, 0.15) is 11.4 Å². The summed E-state index contributed by atoms with van der Waals surface area (Å²) in [4.78, 5) is 2.11. The molecular formula is C29H29Br2NO2. The van der Waals surface area contributed by atoms with Crippen molar-refractivity contribution in [2.24, 2.45) is 0 Å². The van der Waals surface area contributed by atoms with Gasteiger partial charge < -0.3 is 14.7 Å². The molecule has 0 saturated carbocycles. The van der Waals surface area contributed by atoms with Gasteiger partial charge in [0.05, 0.1) is 7.11 Å². The van der Waals surface area contributed by atoms with Crippen molar-refractivity contribution in [2.75, 3.05) is 27.7 Å². The van der Waals surface area contributed by atoms with E-state index in [0.717, 1.165) is 48.7 Å². The van der Waals surface area contributed by atoms with Gasteiger partial charge in [-0.3, -0.25) is 0 Å². The second-order valence-corrected chi connectivity index (χ2v) is 10.7. The van der Waals surface area contributed by atoms with Gasteiger partial charge in [-0.1, -0.05) is 86.5 Å². The van der Waals surface area contributed by atoms with Gasteiger partial charge in [-0.05, 0) is 72.7 Å². The van der Waals surface area contributed by atoms with Crippen molar-refractivity contribution in [3.8, 4) is 5.75 Å². The van der Waals surface area contributed by atoms with E-state index in [9.17, 15) is 5.11 Å². The highest BCUT2D eigenvalue weighted by Crippen LogP contribution is 2.49. The van der Waals surface area contributed by atoms with Crippen molar-refractivity contribution >= 4 is 42.6 Å². The fourth-order valence-corrected chi connectivity index (χ4v) is 5.67. The second kappa shape index (κ2) is 10.6. The molecule has 5 heteroatoms. The molecule has 0 saturated heterocycles. The van der Waals surface area contributed by atoms with Crippen molar-refractivity contribution in [2.45, 2.75) is 17.9 Å². The normalized spacial score (nSPS) is 14.2. The summed E-state index contributed by atoms with van der Waals surface area (Å²) >= 11 is 7.34. The molecule has 4 aromatic carbocycles. The third-order valence-electron chi connectivity index (χ3n) is 6.35. The molecule has 0 fully saturated rings. The van der Waals surface area contributed by atoms with Crippen molar-refractivity contribution in [3.63, 3.8) is 0 Å². The highest BCUT2D eigenvalue weighted by atomic mass is 79.9. The average molecular weight is 583 g/mol. The van der Waals surface area contributed by atoms with Crippen LogP contribution in [0.2, 0.25) is 0 Å². The first-order valence-corrected chi connectivity index (χ1v) is 12.9. The fourth-order valence-electron chi connectivity index (χ4n) is 4.67. The van der Waals surface area contributed by atoms with Gasteiger partial charge in [-0.25, -0.2) is 0 Å². The van der Waals surface area contributed by atoms with Crippen LogP contribution in [0.15, 0.2) is 93.9 Å². The maximum absolute atomic E-state index is 12.7. The Bertz CT molecular complexity index is 1280. The molecule has 0 aliphatic rings. The molecule has 2 atom stereocenters. The summed E-state index contributed by atoms with van der Waals surface area (Å²) < 4.78 is 7.83. The van der Waals surface area contributed by atoms with Gasteiger partial charge in [-0.2, -0.15) is 0 Å². The molecule has 4 rings (SSSR count). The molecule has 0 radical (unpaired) electrons. The standard InChI is InChI=1S/C29H29Br2NO2/c1-32(2)16-15-29(33,25-11-7-8-12-26(25)31)28(20-9-5-4-6-10-20)24-18-22-17-23(30)14-13-21(22)19-27(24)34-3/h4-14,17-19,28,33H,15-16H2,1-3H3. The molecule has 0 aliphatic carbocycles. The van der Waals surface area contributed by atoms with Crippen LogP contribution < -0.4 is 4.74 Å². The summed E-state index contributed by atoms with van der Waals surface area (Å²) in [5, 5.41) is 14.9. The topological polar surface area (TPSA) is 32.7 Å². The van der Waals surface area contributed by atoms with Crippen LogP contribution in [0, 0.1) is 0 Å². The molecule has 176 valence electrons. The first-order valence-electron chi connectivity index (χ1n) is 11.3. The first-order chi connectivity index (χ1) is 16.3. The van der Waals surface area contributed by atoms with Crippen molar-refractivity contribution in [1.82, 2.24) is 4.90 Å². The first kappa shape index (κ1) is 24.9. The number of benzene rings is 4. The van der Waals surface area contributed by atoms with Crippen molar-refractivity contribution in [3.05, 3.63) is 111 Å². The molecule has 0 heterocycles.